The first-order chi connectivity index (χ1) is 7.02. The molecule has 90 valence electrons. The molecule has 0 fully saturated rings. The van der Waals surface area contributed by atoms with E-state index in [9.17, 15) is 4.79 Å². The van der Waals surface area contributed by atoms with Crippen LogP contribution in [0.3, 0.4) is 0 Å². The van der Waals surface area contributed by atoms with Gasteiger partial charge in [0, 0.05) is 13.2 Å². The lowest BCUT2D eigenvalue weighted by atomic mass is 10.3. The summed E-state index contributed by atoms with van der Waals surface area (Å²) in [5.41, 5.74) is 0. The average Bonchev–Trinajstić information content (AvgIpc) is 2.09. The van der Waals surface area contributed by atoms with Crippen LogP contribution in [-0.4, -0.2) is 31.5 Å². The highest BCUT2D eigenvalue weighted by molar-refractivity contribution is 5.67. The fourth-order valence-electron chi connectivity index (χ4n) is 0.992. The number of nitrogens with one attached hydrogen (secondary N) is 1. The van der Waals surface area contributed by atoms with Crippen LogP contribution in [0.25, 0.3) is 0 Å². The van der Waals surface area contributed by atoms with Gasteiger partial charge in [0.05, 0.1) is 12.2 Å². The monoisotopic (exact) mass is 217 g/mol. The molecule has 4 heteroatoms. The van der Waals surface area contributed by atoms with Crippen molar-refractivity contribution in [2.75, 3.05) is 13.2 Å². The lowest BCUT2D eigenvalue weighted by molar-refractivity contribution is 0.0755. The number of hydrogen-bond donors (Lipinski definition) is 1. The Morgan fingerprint density at radius 2 is 1.80 bits per heavy atom. The van der Waals surface area contributed by atoms with Gasteiger partial charge in [-0.05, 0) is 40.5 Å². The first-order valence-corrected chi connectivity index (χ1v) is 5.58. The largest absolute Gasteiger partial charge is 0.447 e. The molecule has 0 aromatic rings. The topological polar surface area (TPSA) is 47.6 Å². The third kappa shape index (κ3) is 11.2. The SMILES string of the molecule is CC(C)OCCCCNC(=O)OC(C)C. The summed E-state index contributed by atoms with van der Waals surface area (Å²) in [7, 11) is 0. The highest BCUT2D eigenvalue weighted by Crippen LogP contribution is 1.94. The van der Waals surface area contributed by atoms with Crippen LogP contribution < -0.4 is 5.32 Å². The van der Waals surface area contributed by atoms with Crippen molar-refractivity contribution in [1.82, 2.24) is 5.32 Å². The predicted octanol–water partition coefficient (Wildman–Crippen LogP) is 2.33. The molecule has 4 nitrogen and oxygen atoms in total. The number of amides is 1. The quantitative estimate of drug-likeness (QED) is 0.666. The van der Waals surface area contributed by atoms with Crippen molar-refractivity contribution in [1.29, 1.82) is 0 Å². The summed E-state index contributed by atoms with van der Waals surface area (Å²) in [6.45, 7) is 9.08. The van der Waals surface area contributed by atoms with Crippen LogP contribution in [0.1, 0.15) is 40.5 Å². The maximum atomic E-state index is 11.0. The number of unbranched alkanes of at least 4 members (excludes halogenated alkanes) is 1. The Kier molecular flexibility index (Phi) is 8.09. The maximum absolute atomic E-state index is 11.0. The van der Waals surface area contributed by atoms with Crippen molar-refractivity contribution in [3.8, 4) is 0 Å². The van der Waals surface area contributed by atoms with Gasteiger partial charge in [0.1, 0.15) is 0 Å². The summed E-state index contributed by atoms with van der Waals surface area (Å²) in [6.07, 6.45) is 1.76. The molecule has 0 aromatic heterocycles. The standard InChI is InChI=1S/C11H23NO3/c1-9(2)14-8-6-5-7-12-11(13)15-10(3)4/h9-10H,5-8H2,1-4H3,(H,12,13). The fraction of sp³-hybridized carbons (Fsp3) is 0.909. The number of alkyl carbamates (subject to hydrolysis) is 1. The lowest BCUT2D eigenvalue weighted by Crippen LogP contribution is -2.27. The molecule has 1 amide bonds. The van der Waals surface area contributed by atoms with Crippen molar-refractivity contribution < 1.29 is 14.3 Å². The van der Waals surface area contributed by atoms with E-state index in [1.807, 2.05) is 27.7 Å². The normalized spacial score (nSPS) is 10.8. The van der Waals surface area contributed by atoms with Gasteiger partial charge in [-0.15, -0.1) is 0 Å². The molecule has 15 heavy (non-hydrogen) atoms. The van der Waals surface area contributed by atoms with E-state index in [1.165, 1.54) is 0 Å². The summed E-state index contributed by atoms with van der Waals surface area (Å²) in [5, 5.41) is 2.69. The van der Waals surface area contributed by atoms with E-state index < -0.39 is 0 Å². The lowest BCUT2D eigenvalue weighted by Gasteiger charge is -2.10. The van der Waals surface area contributed by atoms with Gasteiger partial charge in [0.15, 0.2) is 0 Å². The molecule has 1 N–H and O–H groups in total. The van der Waals surface area contributed by atoms with Gasteiger partial charge in [-0.1, -0.05) is 0 Å². The van der Waals surface area contributed by atoms with Gasteiger partial charge in [-0.3, -0.25) is 0 Å². The third-order valence-corrected chi connectivity index (χ3v) is 1.63. The number of ether oxygens (including phenoxy) is 2. The van der Waals surface area contributed by atoms with Crippen molar-refractivity contribution in [2.45, 2.75) is 52.7 Å². The molecule has 0 spiro atoms. The number of carbonyl (C=O) groups excluding carboxylic acids is 1. The number of carbonyl (C=O) groups is 1. The molecule has 0 radical (unpaired) electrons. The second-order valence-electron chi connectivity index (χ2n) is 4.01. The molecule has 0 aliphatic carbocycles. The molecule has 0 atom stereocenters. The fourth-order valence-corrected chi connectivity index (χ4v) is 0.992. The molecular formula is C11H23NO3. The Labute approximate surface area is 92.3 Å². The highest BCUT2D eigenvalue weighted by Gasteiger charge is 2.02. The Balaban J connectivity index is 3.20. The molecule has 0 aromatic carbocycles. The van der Waals surface area contributed by atoms with E-state index in [0.717, 1.165) is 19.4 Å². The zero-order chi connectivity index (χ0) is 11.7. The first kappa shape index (κ1) is 14.2. The zero-order valence-corrected chi connectivity index (χ0v) is 10.2. The smallest absolute Gasteiger partial charge is 0.407 e. The van der Waals surface area contributed by atoms with Crippen LogP contribution in [0.4, 0.5) is 4.79 Å². The average molecular weight is 217 g/mol. The second kappa shape index (κ2) is 8.53. The molecule has 0 bridgehead atoms. The molecule has 0 heterocycles. The molecule has 0 saturated carbocycles. The number of hydrogen-bond acceptors (Lipinski definition) is 3. The summed E-state index contributed by atoms with van der Waals surface area (Å²) < 4.78 is 10.3. The van der Waals surface area contributed by atoms with Crippen LogP contribution >= 0.6 is 0 Å². The van der Waals surface area contributed by atoms with Crippen molar-refractivity contribution >= 4 is 6.09 Å². The molecule has 0 aliphatic heterocycles. The van der Waals surface area contributed by atoms with Crippen LogP contribution in [0.15, 0.2) is 0 Å². The minimum atomic E-state index is -0.338. The van der Waals surface area contributed by atoms with E-state index in [0.29, 0.717) is 6.54 Å². The van der Waals surface area contributed by atoms with Gasteiger partial charge in [-0.25, -0.2) is 4.79 Å². The predicted molar refractivity (Wildman–Crippen MR) is 59.9 cm³/mol. The van der Waals surface area contributed by atoms with Crippen LogP contribution in [-0.2, 0) is 9.47 Å². The minimum absolute atomic E-state index is 0.0609. The Hall–Kier alpha value is -0.770. The number of rotatable bonds is 7. The Bertz CT molecular complexity index is 169. The third-order valence-electron chi connectivity index (χ3n) is 1.63. The van der Waals surface area contributed by atoms with Gasteiger partial charge < -0.3 is 14.8 Å². The van der Waals surface area contributed by atoms with E-state index in [-0.39, 0.29) is 18.3 Å². The van der Waals surface area contributed by atoms with Gasteiger partial charge >= 0.3 is 6.09 Å². The Morgan fingerprint density at radius 1 is 1.13 bits per heavy atom. The molecule has 0 saturated heterocycles. The summed E-state index contributed by atoms with van der Waals surface area (Å²) in [4.78, 5) is 11.0. The minimum Gasteiger partial charge on any atom is -0.447 e. The van der Waals surface area contributed by atoms with E-state index in [2.05, 4.69) is 5.32 Å². The van der Waals surface area contributed by atoms with Crippen LogP contribution in [0.5, 0.6) is 0 Å². The summed E-state index contributed by atoms with van der Waals surface area (Å²) in [6, 6.07) is 0. The molecular weight excluding hydrogens is 194 g/mol. The highest BCUT2D eigenvalue weighted by atomic mass is 16.6. The maximum Gasteiger partial charge on any atom is 0.407 e. The molecule has 0 aliphatic rings. The van der Waals surface area contributed by atoms with Gasteiger partial charge in [0.2, 0.25) is 0 Å². The van der Waals surface area contributed by atoms with Crippen molar-refractivity contribution in [2.24, 2.45) is 0 Å². The van der Waals surface area contributed by atoms with Crippen molar-refractivity contribution in [3.05, 3.63) is 0 Å². The van der Waals surface area contributed by atoms with Gasteiger partial charge in [-0.2, -0.15) is 0 Å². The summed E-state index contributed by atoms with van der Waals surface area (Å²) >= 11 is 0. The zero-order valence-electron chi connectivity index (χ0n) is 10.2. The summed E-state index contributed by atoms with van der Waals surface area (Å²) in [5.74, 6) is 0. The van der Waals surface area contributed by atoms with Crippen molar-refractivity contribution in [3.63, 3.8) is 0 Å². The second-order valence-corrected chi connectivity index (χ2v) is 4.01. The molecule has 0 rings (SSSR count). The van der Waals surface area contributed by atoms with Crippen LogP contribution in [0.2, 0.25) is 0 Å². The molecule has 0 unspecified atom stereocenters. The first-order valence-electron chi connectivity index (χ1n) is 5.58. The van der Waals surface area contributed by atoms with E-state index in [4.69, 9.17) is 9.47 Å². The van der Waals surface area contributed by atoms with E-state index >= 15 is 0 Å². The van der Waals surface area contributed by atoms with Gasteiger partial charge in [0.25, 0.3) is 0 Å². The van der Waals surface area contributed by atoms with Crippen LogP contribution in [0, 0.1) is 0 Å². The van der Waals surface area contributed by atoms with E-state index in [1.54, 1.807) is 0 Å². The Morgan fingerprint density at radius 3 is 2.33 bits per heavy atom.